The van der Waals surface area contributed by atoms with Crippen LogP contribution in [0, 0.1) is 6.92 Å². The highest BCUT2D eigenvalue weighted by Gasteiger charge is 2.34. The number of aryl methyl sites for hydroxylation is 1. The van der Waals surface area contributed by atoms with Crippen LogP contribution in [-0.2, 0) is 0 Å². The summed E-state index contributed by atoms with van der Waals surface area (Å²) in [6.45, 7) is 7.09. The van der Waals surface area contributed by atoms with Crippen LogP contribution in [0.4, 0.5) is 28.4 Å². The van der Waals surface area contributed by atoms with E-state index in [9.17, 15) is 0 Å². The van der Waals surface area contributed by atoms with Crippen LogP contribution in [-0.4, -0.2) is 23.3 Å². The average Bonchev–Trinajstić information content (AvgIpc) is 3.64. The maximum Gasteiger partial charge on any atom is 0.144 e. The standard InChI is InChI=1S/C56H48N4O/c1-3-19-43(25-18-39-57(42-21-6-4-7-22-42)50-27-12-10-20-41(50)2)58(44-23-8-5-9-24-44)47-37-38-49-48-26-11-13-28-51(48)59(54(49)40-47)45-33-35-46(36-34-45)60-52-29-14-16-31-55(52)61-56-32-17-15-30-53(56)60/h3-6,8-21,23-38,40,52,55H,1,7,22,39H2,2H3/b25-18-,43-19+. The van der Waals surface area contributed by atoms with Crippen molar-refractivity contribution in [1.82, 2.24) is 4.57 Å². The SMILES string of the molecule is C=C/C=C(\C=C/CN(C1=CC=CCC1)c1ccccc1C)N(c1ccccc1)c1ccc2c3ccccc3n(-c3ccc(N4c5ccccc5OC5C=CC=CC54)cc3)c2c1. The van der Waals surface area contributed by atoms with E-state index in [1.54, 1.807) is 0 Å². The number of allylic oxidation sites excluding steroid dienone is 9. The van der Waals surface area contributed by atoms with Gasteiger partial charge in [0.2, 0.25) is 0 Å². The first-order valence-corrected chi connectivity index (χ1v) is 21.2. The van der Waals surface area contributed by atoms with E-state index in [-0.39, 0.29) is 12.1 Å². The number of benzene rings is 6. The van der Waals surface area contributed by atoms with Gasteiger partial charge in [0.15, 0.2) is 0 Å². The van der Waals surface area contributed by atoms with Gasteiger partial charge < -0.3 is 24.0 Å². The number of hydrogen-bond acceptors (Lipinski definition) is 4. The second-order valence-electron chi connectivity index (χ2n) is 15.7. The van der Waals surface area contributed by atoms with Crippen LogP contribution in [0.3, 0.4) is 0 Å². The molecule has 0 spiro atoms. The molecule has 0 saturated carbocycles. The van der Waals surface area contributed by atoms with Crippen LogP contribution < -0.4 is 19.4 Å². The lowest BCUT2D eigenvalue weighted by Crippen LogP contribution is -2.46. The first-order chi connectivity index (χ1) is 30.2. The lowest BCUT2D eigenvalue weighted by Gasteiger charge is -2.42. The van der Waals surface area contributed by atoms with Gasteiger partial charge >= 0.3 is 0 Å². The number of ether oxygens (including phenoxy) is 1. The van der Waals surface area contributed by atoms with Crippen LogP contribution in [0.5, 0.6) is 5.75 Å². The minimum Gasteiger partial charge on any atom is -0.482 e. The summed E-state index contributed by atoms with van der Waals surface area (Å²) in [4.78, 5) is 7.18. The largest absolute Gasteiger partial charge is 0.482 e. The van der Waals surface area contributed by atoms with Crippen molar-refractivity contribution in [2.45, 2.75) is 31.9 Å². The maximum atomic E-state index is 6.43. The molecule has 2 heterocycles. The van der Waals surface area contributed by atoms with Gasteiger partial charge in [-0.1, -0.05) is 122 Å². The molecule has 2 aliphatic carbocycles. The van der Waals surface area contributed by atoms with E-state index in [1.165, 1.54) is 27.7 Å². The summed E-state index contributed by atoms with van der Waals surface area (Å²) in [7, 11) is 0. The zero-order valence-corrected chi connectivity index (χ0v) is 34.4. The molecule has 1 aromatic heterocycles. The second-order valence-corrected chi connectivity index (χ2v) is 15.7. The van der Waals surface area contributed by atoms with Crippen molar-refractivity contribution in [2.75, 3.05) is 21.2 Å². The van der Waals surface area contributed by atoms with Crippen LogP contribution in [0.15, 0.2) is 230 Å². The molecule has 0 fully saturated rings. The summed E-state index contributed by atoms with van der Waals surface area (Å²) in [5.74, 6) is 0.896. The summed E-state index contributed by atoms with van der Waals surface area (Å²) < 4.78 is 8.84. The Morgan fingerprint density at radius 1 is 0.738 bits per heavy atom. The highest BCUT2D eigenvalue weighted by atomic mass is 16.5. The molecular formula is C56H48N4O. The van der Waals surface area contributed by atoms with Crippen LogP contribution >= 0.6 is 0 Å². The predicted molar refractivity (Wildman–Crippen MR) is 257 cm³/mol. The Bertz CT molecular complexity index is 2930. The Labute approximate surface area is 358 Å². The minimum absolute atomic E-state index is 0.0588. The van der Waals surface area contributed by atoms with E-state index in [0.717, 1.165) is 70.3 Å². The first kappa shape index (κ1) is 37.7. The number of rotatable bonds is 11. The van der Waals surface area contributed by atoms with Gasteiger partial charge in [0.05, 0.1) is 22.8 Å². The third-order valence-corrected chi connectivity index (χ3v) is 11.9. The highest BCUT2D eigenvalue weighted by molar-refractivity contribution is 6.10. The lowest BCUT2D eigenvalue weighted by molar-refractivity contribution is 0.218. The van der Waals surface area contributed by atoms with Crippen molar-refractivity contribution in [2.24, 2.45) is 0 Å². The van der Waals surface area contributed by atoms with E-state index in [1.807, 2.05) is 12.1 Å². The van der Waals surface area contributed by atoms with Gasteiger partial charge in [-0.2, -0.15) is 0 Å². The molecule has 0 radical (unpaired) electrons. The topological polar surface area (TPSA) is 23.9 Å². The number of anilines is 5. The predicted octanol–water partition coefficient (Wildman–Crippen LogP) is 14.0. The van der Waals surface area contributed by atoms with Crippen molar-refractivity contribution in [3.63, 3.8) is 0 Å². The van der Waals surface area contributed by atoms with Gasteiger partial charge in [0.25, 0.3) is 0 Å². The molecule has 2 unspecified atom stereocenters. The quantitative estimate of drug-likeness (QED) is 0.122. The third-order valence-electron chi connectivity index (χ3n) is 11.9. The van der Waals surface area contributed by atoms with Crippen molar-refractivity contribution >= 4 is 50.2 Å². The molecule has 0 amide bonds. The Kier molecular flexibility index (Phi) is 10.3. The molecule has 1 aliphatic heterocycles. The fraction of sp³-hybridized carbons (Fsp3) is 0.107. The van der Waals surface area contributed by atoms with E-state index in [0.29, 0.717) is 0 Å². The normalized spacial score (nSPS) is 17.0. The Balaban J connectivity index is 1.05. The molecule has 2 atom stereocenters. The van der Waals surface area contributed by atoms with Crippen molar-refractivity contribution in [3.05, 3.63) is 236 Å². The number of hydrogen-bond donors (Lipinski definition) is 0. The van der Waals surface area contributed by atoms with Crippen LogP contribution in [0.2, 0.25) is 0 Å². The zero-order chi connectivity index (χ0) is 41.1. The molecule has 0 saturated heterocycles. The van der Waals surface area contributed by atoms with Gasteiger partial charge in [0.1, 0.15) is 11.9 Å². The summed E-state index contributed by atoms with van der Waals surface area (Å²) in [5.41, 5.74) is 12.5. The van der Waals surface area contributed by atoms with Crippen molar-refractivity contribution < 1.29 is 4.74 Å². The van der Waals surface area contributed by atoms with Crippen LogP contribution in [0.1, 0.15) is 18.4 Å². The molecule has 10 rings (SSSR count). The summed E-state index contributed by atoms with van der Waals surface area (Å²) >= 11 is 0. The molecule has 3 aliphatic rings. The molecular weight excluding hydrogens is 745 g/mol. The average molecular weight is 793 g/mol. The Morgan fingerprint density at radius 2 is 1.49 bits per heavy atom. The first-order valence-electron chi connectivity index (χ1n) is 21.2. The van der Waals surface area contributed by atoms with Crippen molar-refractivity contribution in [1.29, 1.82) is 0 Å². The summed E-state index contributed by atoms with van der Waals surface area (Å²) in [6.07, 6.45) is 25.8. The maximum absolute atomic E-state index is 6.43. The third kappa shape index (κ3) is 7.19. The molecule has 61 heavy (non-hydrogen) atoms. The molecule has 7 aromatic rings. The monoisotopic (exact) mass is 792 g/mol. The van der Waals surface area contributed by atoms with E-state index in [2.05, 4.69) is 233 Å². The van der Waals surface area contributed by atoms with Gasteiger partial charge in [-0.05, 0) is 122 Å². The molecule has 0 bridgehead atoms. The van der Waals surface area contributed by atoms with Gasteiger partial charge in [-0.25, -0.2) is 0 Å². The summed E-state index contributed by atoms with van der Waals surface area (Å²) in [6, 6.07) is 52.3. The van der Waals surface area contributed by atoms with Crippen molar-refractivity contribution in [3.8, 4) is 11.4 Å². The fourth-order valence-electron chi connectivity index (χ4n) is 9.11. The number of fused-ring (bicyclic) bond motifs is 5. The lowest BCUT2D eigenvalue weighted by atomic mass is 9.99. The molecule has 0 N–H and O–H groups in total. The van der Waals surface area contributed by atoms with Gasteiger partial charge in [-0.15, -0.1) is 0 Å². The number of nitrogens with zero attached hydrogens (tertiary/aromatic N) is 4. The Morgan fingerprint density at radius 3 is 2.33 bits per heavy atom. The number of aromatic nitrogens is 1. The van der Waals surface area contributed by atoms with Crippen LogP contribution in [0.25, 0.3) is 27.5 Å². The second kappa shape index (κ2) is 16.6. The van der Waals surface area contributed by atoms with E-state index in [4.69, 9.17) is 4.74 Å². The molecule has 5 heteroatoms. The van der Waals surface area contributed by atoms with E-state index < -0.39 is 0 Å². The fourth-order valence-corrected chi connectivity index (χ4v) is 9.11. The Hall–Kier alpha value is -7.50. The van der Waals surface area contributed by atoms with Gasteiger partial charge in [-0.3, -0.25) is 0 Å². The number of para-hydroxylation sites is 5. The molecule has 5 nitrogen and oxygen atoms in total. The zero-order valence-electron chi connectivity index (χ0n) is 34.4. The molecule has 6 aromatic carbocycles. The van der Waals surface area contributed by atoms with Gasteiger partial charge in [0, 0.05) is 57.1 Å². The highest BCUT2D eigenvalue weighted by Crippen LogP contribution is 2.44. The summed E-state index contributed by atoms with van der Waals surface area (Å²) in [5, 5.41) is 2.42. The minimum atomic E-state index is -0.0588. The smallest absolute Gasteiger partial charge is 0.144 e. The molecule has 298 valence electrons. The van der Waals surface area contributed by atoms with E-state index >= 15 is 0 Å².